The van der Waals surface area contributed by atoms with Crippen molar-refractivity contribution in [1.29, 1.82) is 0 Å². The molecule has 119 valence electrons. The molecule has 20 heavy (non-hydrogen) atoms. The van der Waals surface area contributed by atoms with E-state index < -0.39 is 0 Å². The molecule has 0 aromatic carbocycles. The maximum Gasteiger partial charge on any atom is 0.488 e. The predicted molar refractivity (Wildman–Crippen MR) is 78.6 cm³/mol. The molecule has 4 nitrogen and oxygen atoms in total. The summed E-state index contributed by atoms with van der Waals surface area (Å²) in [7, 11) is 2.83. The fourth-order valence-corrected chi connectivity index (χ4v) is 1.10. The van der Waals surface area contributed by atoms with Crippen molar-refractivity contribution in [3.63, 3.8) is 0 Å². The van der Waals surface area contributed by atoms with Gasteiger partial charge in [-0.15, -0.1) is 0 Å². The van der Waals surface area contributed by atoms with Crippen molar-refractivity contribution in [2.24, 2.45) is 0 Å². The largest absolute Gasteiger partial charge is 0.488 e. The van der Waals surface area contributed by atoms with Crippen molar-refractivity contribution in [2.75, 3.05) is 0 Å². The summed E-state index contributed by atoms with van der Waals surface area (Å²) in [5.74, 6) is 0. The molecule has 2 fully saturated rings. The van der Waals surface area contributed by atoms with Gasteiger partial charge in [0.25, 0.3) is 0 Å². The summed E-state index contributed by atoms with van der Waals surface area (Å²) in [6.45, 7) is 16.1. The first kappa shape index (κ1) is 22.9. The summed E-state index contributed by atoms with van der Waals surface area (Å²) in [6, 6.07) is 0. The predicted octanol–water partition coefficient (Wildman–Crippen LogP) is 2.70. The van der Waals surface area contributed by atoms with Crippen LogP contribution in [0.5, 0.6) is 0 Å². The average Bonchev–Trinajstić information content (AvgIpc) is 2.51. The summed E-state index contributed by atoms with van der Waals surface area (Å²) in [4.78, 5) is 0. The van der Waals surface area contributed by atoms with Gasteiger partial charge in [0, 0.05) is 20.1 Å². The summed E-state index contributed by atoms with van der Waals surface area (Å²) >= 11 is 0. The van der Waals surface area contributed by atoms with Crippen LogP contribution in [0.4, 0.5) is 0 Å². The van der Waals surface area contributed by atoms with Crippen LogP contribution in [-0.4, -0.2) is 37.8 Å². The van der Waals surface area contributed by atoms with Crippen LogP contribution in [0.15, 0.2) is 0 Å². The van der Waals surface area contributed by atoms with E-state index in [1.165, 1.54) is 15.4 Å². The minimum Gasteiger partial charge on any atom is -0.405 e. The first-order chi connectivity index (χ1) is 7.91. The molecule has 7 heteroatoms. The third kappa shape index (κ3) is 4.82. The number of rotatable bonds is 0. The summed E-state index contributed by atoms with van der Waals surface area (Å²) in [6.07, 6.45) is 0. The van der Waals surface area contributed by atoms with Crippen LogP contribution in [0.2, 0.25) is 0 Å². The van der Waals surface area contributed by atoms with Crippen molar-refractivity contribution < 1.29 is 38.7 Å². The zero-order chi connectivity index (χ0) is 14.2. The molecule has 0 aromatic heterocycles. The fourth-order valence-electron chi connectivity index (χ4n) is 1.10. The maximum absolute atomic E-state index is 5.21. The molecule has 0 aliphatic carbocycles. The van der Waals surface area contributed by atoms with E-state index in [2.05, 4.69) is 0 Å². The Labute approximate surface area is 139 Å². The van der Waals surface area contributed by atoms with Crippen LogP contribution in [0, 0.1) is 7.43 Å². The van der Waals surface area contributed by atoms with Crippen LogP contribution in [0.1, 0.15) is 55.4 Å². The van der Waals surface area contributed by atoms with Crippen molar-refractivity contribution in [1.82, 2.24) is 0 Å². The van der Waals surface area contributed by atoms with E-state index in [0.717, 1.165) is 0 Å². The maximum atomic E-state index is 5.21. The number of hydrogen-bond acceptors (Lipinski definition) is 4. The quantitative estimate of drug-likeness (QED) is 0.411. The Morgan fingerprint density at radius 3 is 0.700 bits per heavy atom. The van der Waals surface area contributed by atoms with Gasteiger partial charge in [-0.25, -0.2) is 0 Å². The Bertz CT molecular complexity index is 249. The summed E-state index contributed by atoms with van der Waals surface area (Å²) in [5, 5.41) is 0. The molecule has 0 spiro atoms. The van der Waals surface area contributed by atoms with Gasteiger partial charge in [-0.1, -0.05) is 0 Å². The molecule has 0 saturated carbocycles. The second-order valence-corrected chi connectivity index (χ2v) is 6.71. The Morgan fingerprint density at radius 1 is 0.500 bits per heavy atom. The van der Waals surface area contributed by atoms with Crippen LogP contribution in [0.25, 0.3) is 0 Å². The van der Waals surface area contributed by atoms with Gasteiger partial charge < -0.3 is 26.0 Å². The summed E-state index contributed by atoms with van der Waals surface area (Å²) < 4.78 is 20.8. The Kier molecular flexibility index (Phi) is 8.30. The van der Waals surface area contributed by atoms with Gasteiger partial charge in [-0.2, -0.15) is 0 Å². The Morgan fingerprint density at radius 2 is 0.650 bits per heavy atom. The first-order valence-corrected chi connectivity index (χ1v) is 6.26. The molecule has 3 radical (unpaired) electrons. The smallest absolute Gasteiger partial charge is 0.405 e. The normalized spacial score (nSPS) is 26.8. The minimum absolute atomic E-state index is 0. The van der Waals surface area contributed by atoms with E-state index in [1.807, 2.05) is 55.4 Å². The average molecular weight is 461 g/mol. The van der Waals surface area contributed by atoms with Gasteiger partial charge in [-0.3, -0.25) is 0 Å². The SMILES string of the molecule is CC1(C)O[B]OC1(C)C.CC1(C)O[B]OC1(C)C.[CH3-].[Ir]. The van der Waals surface area contributed by atoms with Crippen molar-refractivity contribution >= 4 is 15.4 Å². The molecule has 0 atom stereocenters. The monoisotopic (exact) mass is 462 g/mol. The Hall–Kier alpha value is 0.619. The number of hydrogen-bond donors (Lipinski definition) is 0. The van der Waals surface area contributed by atoms with E-state index in [4.69, 9.17) is 18.6 Å². The van der Waals surface area contributed by atoms with Crippen molar-refractivity contribution in [3.8, 4) is 0 Å². The van der Waals surface area contributed by atoms with Crippen LogP contribution < -0.4 is 0 Å². The zero-order valence-electron chi connectivity index (χ0n) is 14.1. The van der Waals surface area contributed by atoms with Gasteiger partial charge in [0.05, 0.1) is 22.4 Å². The van der Waals surface area contributed by atoms with Gasteiger partial charge in [0.15, 0.2) is 0 Å². The molecule has 2 saturated heterocycles. The van der Waals surface area contributed by atoms with E-state index in [-0.39, 0.29) is 49.9 Å². The molecule has 0 aromatic rings. The second-order valence-electron chi connectivity index (χ2n) is 6.71. The minimum atomic E-state index is -0.188. The van der Waals surface area contributed by atoms with E-state index >= 15 is 0 Å². The van der Waals surface area contributed by atoms with Gasteiger partial charge in [0.2, 0.25) is 0 Å². The van der Waals surface area contributed by atoms with Gasteiger partial charge in [0.1, 0.15) is 0 Å². The molecule has 0 bridgehead atoms. The molecule has 0 N–H and O–H groups in total. The zero-order valence-corrected chi connectivity index (χ0v) is 16.5. The Balaban J connectivity index is 0. The van der Waals surface area contributed by atoms with Crippen LogP contribution >= 0.6 is 0 Å². The summed E-state index contributed by atoms with van der Waals surface area (Å²) in [5.41, 5.74) is -0.750. The molecule has 2 aliphatic rings. The van der Waals surface area contributed by atoms with Crippen LogP contribution in [0.3, 0.4) is 0 Å². The fraction of sp³-hybridized carbons (Fsp3) is 0.923. The molecular formula is C13H27B2IrO4-. The topological polar surface area (TPSA) is 36.9 Å². The molecule has 2 rings (SSSR count). The molecule has 2 aliphatic heterocycles. The molecule has 2 heterocycles. The van der Waals surface area contributed by atoms with Crippen molar-refractivity contribution in [2.45, 2.75) is 77.8 Å². The van der Waals surface area contributed by atoms with E-state index in [1.54, 1.807) is 0 Å². The standard InChI is InChI=1S/2C6H12BO2.CH3.Ir/c2*1-5(2)6(3,4)9-7-8-5;;/h2*1-4H3;1H3;/q;;-1;. The first-order valence-electron chi connectivity index (χ1n) is 6.26. The molecule has 0 amide bonds. The molecular weight excluding hydrogens is 434 g/mol. The van der Waals surface area contributed by atoms with Crippen LogP contribution in [-0.2, 0) is 38.7 Å². The third-order valence-electron chi connectivity index (χ3n) is 4.27. The second kappa shape index (κ2) is 7.25. The van der Waals surface area contributed by atoms with Gasteiger partial charge in [-0.05, 0) is 55.4 Å². The third-order valence-corrected chi connectivity index (χ3v) is 4.27. The van der Waals surface area contributed by atoms with E-state index in [0.29, 0.717) is 0 Å². The van der Waals surface area contributed by atoms with Crippen molar-refractivity contribution in [3.05, 3.63) is 7.43 Å². The van der Waals surface area contributed by atoms with E-state index in [9.17, 15) is 0 Å². The molecule has 0 unspecified atom stereocenters. The van der Waals surface area contributed by atoms with Gasteiger partial charge >= 0.3 is 15.4 Å².